The summed E-state index contributed by atoms with van der Waals surface area (Å²) in [5.41, 5.74) is 2.23. The molecule has 100 valence electrons. The topological polar surface area (TPSA) is 26.3 Å². The van der Waals surface area contributed by atoms with Gasteiger partial charge in [-0.1, -0.05) is 42.1 Å². The van der Waals surface area contributed by atoms with Crippen LogP contribution in [0.5, 0.6) is 5.75 Å². The third-order valence-electron chi connectivity index (χ3n) is 3.27. The predicted molar refractivity (Wildman–Crippen MR) is 81.8 cm³/mol. The van der Waals surface area contributed by atoms with Crippen LogP contribution in [0.2, 0.25) is 0 Å². The lowest BCUT2D eigenvalue weighted by molar-refractivity contribution is -0.115. The minimum absolute atomic E-state index is 0.227. The quantitative estimate of drug-likeness (QED) is 0.842. The first kappa shape index (κ1) is 13.0. The fraction of sp³-hybridized carbons (Fsp3) is 0.118. The second kappa shape index (κ2) is 5.55. The SMILES string of the molecule is COc1ccc(C2=C(Sc3ccccc3)C(=O)C2)cc1. The molecule has 2 aromatic rings. The van der Waals surface area contributed by atoms with E-state index < -0.39 is 0 Å². The zero-order valence-corrected chi connectivity index (χ0v) is 11.9. The van der Waals surface area contributed by atoms with Gasteiger partial charge >= 0.3 is 0 Å². The predicted octanol–water partition coefficient (Wildman–Crippen LogP) is 4.17. The van der Waals surface area contributed by atoms with Crippen molar-refractivity contribution in [2.24, 2.45) is 0 Å². The van der Waals surface area contributed by atoms with Crippen LogP contribution in [0.4, 0.5) is 0 Å². The molecule has 0 heterocycles. The molecule has 0 saturated heterocycles. The summed E-state index contributed by atoms with van der Waals surface area (Å²) in [6.07, 6.45) is 0.529. The molecule has 0 spiro atoms. The number of benzene rings is 2. The first-order valence-electron chi connectivity index (χ1n) is 6.41. The third-order valence-corrected chi connectivity index (χ3v) is 4.45. The first-order valence-corrected chi connectivity index (χ1v) is 7.23. The molecule has 0 fully saturated rings. The van der Waals surface area contributed by atoms with Gasteiger partial charge in [0.15, 0.2) is 5.78 Å². The summed E-state index contributed by atoms with van der Waals surface area (Å²) in [5, 5.41) is 0. The smallest absolute Gasteiger partial charge is 0.174 e. The Balaban J connectivity index is 1.89. The van der Waals surface area contributed by atoms with Gasteiger partial charge in [-0.3, -0.25) is 4.79 Å². The Morgan fingerprint density at radius 1 is 1.00 bits per heavy atom. The lowest BCUT2D eigenvalue weighted by atomic mass is 9.90. The summed E-state index contributed by atoms with van der Waals surface area (Å²) in [4.78, 5) is 13.8. The molecule has 0 radical (unpaired) electrons. The summed E-state index contributed by atoms with van der Waals surface area (Å²) in [6.45, 7) is 0. The maximum atomic E-state index is 11.8. The maximum Gasteiger partial charge on any atom is 0.174 e. The Hall–Kier alpha value is -2.00. The van der Waals surface area contributed by atoms with Gasteiger partial charge in [0.05, 0.1) is 12.0 Å². The second-order valence-corrected chi connectivity index (χ2v) is 5.64. The Kier molecular flexibility index (Phi) is 3.61. The number of Topliss-reactive ketones (excluding diaryl/α,β-unsaturated/α-hetero) is 1. The highest BCUT2D eigenvalue weighted by molar-refractivity contribution is 8.04. The van der Waals surface area contributed by atoms with Gasteiger partial charge in [-0.15, -0.1) is 0 Å². The number of methoxy groups -OCH3 is 1. The zero-order valence-electron chi connectivity index (χ0n) is 11.1. The normalized spacial score (nSPS) is 14.2. The summed E-state index contributed by atoms with van der Waals surface area (Å²) in [6, 6.07) is 17.9. The van der Waals surface area contributed by atoms with Crippen molar-refractivity contribution < 1.29 is 9.53 Å². The summed E-state index contributed by atoms with van der Waals surface area (Å²) < 4.78 is 5.16. The van der Waals surface area contributed by atoms with Crippen LogP contribution in [-0.2, 0) is 4.79 Å². The molecule has 3 heteroatoms. The fourth-order valence-electron chi connectivity index (χ4n) is 2.13. The van der Waals surface area contributed by atoms with Crippen molar-refractivity contribution in [2.45, 2.75) is 11.3 Å². The number of allylic oxidation sites excluding steroid dienone is 2. The van der Waals surface area contributed by atoms with Crippen LogP contribution in [0.25, 0.3) is 5.57 Å². The van der Waals surface area contributed by atoms with E-state index in [2.05, 4.69) is 0 Å². The van der Waals surface area contributed by atoms with Crippen LogP contribution in [0.15, 0.2) is 64.4 Å². The van der Waals surface area contributed by atoms with E-state index in [-0.39, 0.29) is 5.78 Å². The van der Waals surface area contributed by atoms with Gasteiger partial charge in [0.2, 0.25) is 0 Å². The van der Waals surface area contributed by atoms with Crippen LogP contribution in [0.3, 0.4) is 0 Å². The van der Waals surface area contributed by atoms with Crippen molar-refractivity contribution >= 4 is 23.1 Å². The molecule has 0 amide bonds. The molecular weight excluding hydrogens is 268 g/mol. The van der Waals surface area contributed by atoms with Crippen LogP contribution in [-0.4, -0.2) is 12.9 Å². The monoisotopic (exact) mass is 282 g/mol. The highest BCUT2D eigenvalue weighted by Crippen LogP contribution is 2.43. The molecule has 20 heavy (non-hydrogen) atoms. The van der Waals surface area contributed by atoms with E-state index in [1.165, 1.54) is 0 Å². The number of carbonyl (C=O) groups excluding carboxylic acids is 1. The van der Waals surface area contributed by atoms with E-state index in [9.17, 15) is 4.79 Å². The average molecular weight is 282 g/mol. The summed E-state index contributed by atoms with van der Waals surface area (Å²) >= 11 is 1.55. The molecule has 0 saturated carbocycles. The first-order chi connectivity index (χ1) is 9.78. The molecule has 0 atom stereocenters. The largest absolute Gasteiger partial charge is 0.497 e. The Bertz CT molecular complexity index is 657. The number of ether oxygens (including phenoxy) is 1. The van der Waals surface area contributed by atoms with E-state index in [1.807, 2.05) is 54.6 Å². The molecule has 3 rings (SSSR count). The van der Waals surface area contributed by atoms with Crippen LogP contribution in [0.1, 0.15) is 12.0 Å². The molecule has 0 aliphatic heterocycles. The number of hydrogen-bond acceptors (Lipinski definition) is 3. The fourth-order valence-corrected chi connectivity index (χ4v) is 3.16. The van der Waals surface area contributed by atoms with Crippen molar-refractivity contribution in [3.05, 3.63) is 65.1 Å². The molecular formula is C17H14O2S. The highest BCUT2D eigenvalue weighted by atomic mass is 32.2. The van der Waals surface area contributed by atoms with E-state index >= 15 is 0 Å². The van der Waals surface area contributed by atoms with E-state index in [1.54, 1.807) is 18.9 Å². The minimum Gasteiger partial charge on any atom is -0.497 e. The van der Waals surface area contributed by atoms with E-state index in [0.717, 1.165) is 26.7 Å². The number of rotatable bonds is 4. The molecule has 0 unspecified atom stereocenters. The van der Waals surface area contributed by atoms with E-state index in [0.29, 0.717) is 6.42 Å². The van der Waals surface area contributed by atoms with Gasteiger partial charge < -0.3 is 4.74 Å². The molecule has 2 nitrogen and oxygen atoms in total. The van der Waals surface area contributed by atoms with Crippen LogP contribution in [0, 0.1) is 0 Å². The molecule has 0 bridgehead atoms. The van der Waals surface area contributed by atoms with Gasteiger partial charge in [-0.2, -0.15) is 0 Å². The zero-order chi connectivity index (χ0) is 13.9. The van der Waals surface area contributed by atoms with Crippen molar-refractivity contribution in [3.8, 4) is 5.75 Å². The van der Waals surface area contributed by atoms with Gasteiger partial charge in [-0.05, 0) is 35.4 Å². The number of carbonyl (C=O) groups is 1. The van der Waals surface area contributed by atoms with Crippen LogP contribution < -0.4 is 4.74 Å². The molecule has 2 aromatic carbocycles. The number of ketones is 1. The Labute approximate surface area is 122 Å². The Morgan fingerprint density at radius 3 is 2.30 bits per heavy atom. The highest BCUT2D eigenvalue weighted by Gasteiger charge is 2.28. The number of hydrogen-bond donors (Lipinski definition) is 0. The third kappa shape index (κ3) is 2.49. The molecule has 0 aromatic heterocycles. The molecule has 1 aliphatic rings. The lowest BCUT2D eigenvalue weighted by Gasteiger charge is -2.22. The minimum atomic E-state index is 0.227. The maximum absolute atomic E-state index is 11.8. The molecule has 1 aliphatic carbocycles. The summed E-state index contributed by atoms with van der Waals surface area (Å²) in [5.74, 6) is 1.06. The second-order valence-electron chi connectivity index (χ2n) is 4.55. The van der Waals surface area contributed by atoms with Gasteiger partial charge in [0.25, 0.3) is 0 Å². The van der Waals surface area contributed by atoms with Gasteiger partial charge in [-0.25, -0.2) is 0 Å². The Morgan fingerprint density at radius 2 is 1.70 bits per heavy atom. The van der Waals surface area contributed by atoms with Crippen molar-refractivity contribution in [1.82, 2.24) is 0 Å². The average Bonchev–Trinajstić information content (AvgIpc) is 2.51. The van der Waals surface area contributed by atoms with Gasteiger partial charge in [0, 0.05) is 11.3 Å². The van der Waals surface area contributed by atoms with Crippen molar-refractivity contribution in [3.63, 3.8) is 0 Å². The van der Waals surface area contributed by atoms with Crippen molar-refractivity contribution in [2.75, 3.05) is 7.11 Å². The van der Waals surface area contributed by atoms with Gasteiger partial charge in [0.1, 0.15) is 5.75 Å². The molecule has 0 N–H and O–H groups in total. The van der Waals surface area contributed by atoms with Crippen molar-refractivity contribution in [1.29, 1.82) is 0 Å². The number of thioether (sulfide) groups is 1. The standard InChI is InChI=1S/C17H14O2S/c1-19-13-9-7-12(8-10-13)15-11-16(18)17(15)20-14-5-3-2-4-6-14/h2-10H,11H2,1H3. The lowest BCUT2D eigenvalue weighted by Crippen LogP contribution is -2.14. The van der Waals surface area contributed by atoms with E-state index in [4.69, 9.17) is 4.74 Å². The van der Waals surface area contributed by atoms with Crippen LogP contribution >= 0.6 is 11.8 Å². The summed E-state index contributed by atoms with van der Waals surface area (Å²) in [7, 11) is 1.65.